The van der Waals surface area contributed by atoms with Crippen LogP contribution in [0.5, 0.6) is 0 Å². The number of aromatic nitrogens is 2. The summed E-state index contributed by atoms with van der Waals surface area (Å²) < 4.78 is 3.41. The minimum Gasteiger partial charge on any atom is -0.378 e. The fourth-order valence-electron chi connectivity index (χ4n) is 5.11. The number of thiocarbonyl (C=S) groups is 1. The Labute approximate surface area is 226 Å². The van der Waals surface area contributed by atoms with Gasteiger partial charge in [-0.15, -0.1) is 0 Å². The minimum absolute atomic E-state index is 0.0472. The lowest BCUT2D eigenvalue weighted by molar-refractivity contribution is 0.565. The smallest absolute Gasteiger partial charge is 0.174 e. The molecule has 2 aromatic heterocycles. The van der Waals surface area contributed by atoms with E-state index >= 15 is 0 Å². The van der Waals surface area contributed by atoms with E-state index in [1.54, 1.807) is 0 Å². The predicted molar refractivity (Wildman–Crippen MR) is 156 cm³/mol. The molecule has 1 aliphatic rings. The quantitative estimate of drug-likeness (QED) is 0.272. The number of nitrogens with zero attached hydrogens (tertiary/aromatic N) is 4. The highest BCUT2D eigenvalue weighted by atomic mass is 79.9. The lowest BCUT2D eigenvalue weighted by Gasteiger charge is -2.28. The monoisotopic (exact) mass is 559 g/mol. The van der Waals surface area contributed by atoms with Crippen LogP contribution in [0.25, 0.3) is 5.69 Å². The van der Waals surface area contributed by atoms with Crippen LogP contribution in [0.2, 0.25) is 0 Å². The van der Waals surface area contributed by atoms with Crippen molar-refractivity contribution in [3.63, 3.8) is 0 Å². The first-order valence-electron chi connectivity index (χ1n) is 12.0. The van der Waals surface area contributed by atoms with Gasteiger partial charge in [-0.05, 0) is 105 Å². The molecule has 36 heavy (non-hydrogen) atoms. The number of rotatable bonds is 5. The summed E-state index contributed by atoms with van der Waals surface area (Å²) in [7, 11) is 4.12. The molecule has 5 nitrogen and oxygen atoms in total. The van der Waals surface area contributed by atoms with Gasteiger partial charge in [0.15, 0.2) is 5.11 Å². The number of halogens is 1. The van der Waals surface area contributed by atoms with Crippen molar-refractivity contribution >= 4 is 44.6 Å². The van der Waals surface area contributed by atoms with Crippen LogP contribution in [0.3, 0.4) is 0 Å². The Morgan fingerprint density at radius 2 is 1.67 bits per heavy atom. The van der Waals surface area contributed by atoms with Gasteiger partial charge in [-0.25, -0.2) is 0 Å². The zero-order valence-corrected chi connectivity index (χ0v) is 23.6. The fraction of sp³-hybridized carbons (Fsp3) is 0.241. The molecule has 7 heteroatoms. The highest BCUT2D eigenvalue weighted by Gasteiger charge is 2.42. The van der Waals surface area contributed by atoms with Gasteiger partial charge in [-0.2, -0.15) is 0 Å². The molecule has 0 saturated carbocycles. The van der Waals surface area contributed by atoms with E-state index in [0.29, 0.717) is 5.11 Å². The number of anilines is 2. The molecule has 0 radical (unpaired) electrons. The molecule has 0 spiro atoms. The van der Waals surface area contributed by atoms with Gasteiger partial charge in [0.25, 0.3) is 0 Å². The summed E-state index contributed by atoms with van der Waals surface area (Å²) in [5.41, 5.74) is 9.15. The first kappa shape index (κ1) is 24.5. The molecular weight excluding hydrogens is 530 g/mol. The fourth-order valence-corrected chi connectivity index (χ4v) is 5.70. The van der Waals surface area contributed by atoms with Gasteiger partial charge in [0.05, 0.1) is 17.8 Å². The molecule has 0 bridgehead atoms. The Balaban J connectivity index is 1.65. The number of hydrogen-bond acceptors (Lipinski definition) is 3. The number of aryl methyl sites for hydroxylation is 2. The van der Waals surface area contributed by atoms with Crippen molar-refractivity contribution in [1.29, 1.82) is 0 Å². The van der Waals surface area contributed by atoms with Crippen molar-refractivity contribution in [2.45, 2.75) is 32.9 Å². The molecule has 0 amide bonds. The van der Waals surface area contributed by atoms with E-state index in [4.69, 9.17) is 17.2 Å². The summed E-state index contributed by atoms with van der Waals surface area (Å²) >= 11 is 9.57. The molecule has 1 saturated heterocycles. The van der Waals surface area contributed by atoms with Crippen LogP contribution in [0, 0.1) is 20.8 Å². The number of pyridine rings is 1. The van der Waals surface area contributed by atoms with E-state index in [-0.39, 0.29) is 12.1 Å². The van der Waals surface area contributed by atoms with Gasteiger partial charge < -0.3 is 19.7 Å². The van der Waals surface area contributed by atoms with Crippen LogP contribution >= 0.6 is 28.1 Å². The summed E-state index contributed by atoms with van der Waals surface area (Å²) in [4.78, 5) is 9.07. The standard InChI is InChI=1S/C29H30BrN5S/c1-18-16-23(13-14-25(18)30)35-28(27(32-29(35)36)26-8-6-7-15-31-26)24-17-19(2)34(20(24)3)22-11-9-21(10-12-22)33(4)5/h6-17,27-28H,1-5H3,(H,32,36)/t27-,28-/m1/s1. The van der Waals surface area contributed by atoms with E-state index in [9.17, 15) is 0 Å². The number of benzene rings is 2. The first-order valence-corrected chi connectivity index (χ1v) is 13.2. The Hall–Kier alpha value is -3.16. The predicted octanol–water partition coefficient (Wildman–Crippen LogP) is 6.80. The largest absolute Gasteiger partial charge is 0.378 e. The maximum atomic E-state index is 5.93. The summed E-state index contributed by atoms with van der Waals surface area (Å²) in [6, 6.07) is 23.3. The highest BCUT2D eigenvalue weighted by Crippen LogP contribution is 2.44. The van der Waals surface area contributed by atoms with Crippen LogP contribution in [0.1, 0.15) is 40.3 Å². The van der Waals surface area contributed by atoms with Crippen molar-refractivity contribution in [2.75, 3.05) is 23.9 Å². The normalized spacial score (nSPS) is 17.4. The molecular formula is C29H30BrN5S. The molecule has 1 N–H and O–H groups in total. The van der Waals surface area contributed by atoms with Crippen LogP contribution in [-0.2, 0) is 0 Å². The second-order valence-electron chi connectivity index (χ2n) is 9.50. The first-order chi connectivity index (χ1) is 17.3. The van der Waals surface area contributed by atoms with Crippen molar-refractivity contribution in [3.05, 3.63) is 106 Å². The summed E-state index contributed by atoms with van der Waals surface area (Å²) in [6.07, 6.45) is 1.85. The zero-order chi connectivity index (χ0) is 25.6. The van der Waals surface area contributed by atoms with E-state index in [1.807, 2.05) is 18.3 Å². The lowest BCUT2D eigenvalue weighted by Crippen LogP contribution is -2.29. The second kappa shape index (κ2) is 9.71. The molecule has 184 valence electrons. The van der Waals surface area contributed by atoms with Crippen LogP contribution in [0.4, 0.5) is 11.4 Å². The molecule has 3 heterocycles. The van der Waals surface area contributed by atoms with E-state index < -0.39 is 0 Å². The summed E-state index contributed by atoms with van der Waals surface area (Å²) in [5, 5.41) is 4.29. The third kappa shape index (κ3) is 4.31. The second-order valence-corrected chi connectivity index (χ2v) is 10.7. The molecule has 0 unspecified atom stereocenters. The van der Waals surface area contributed by atoms with E-state index in [2.05, 4.69) is 125 Å². The molecule has 5 rings (SSSR count). The number of hydrogen-bond donors (Lipinski definition) is 1. The Morgan fingerprint density at radius 1 is 0.944 bits per heavy atom. The van der Waals surface area contributed by atoms with Crippen molar-refractivity contribution in [3.8, 4) is 5.69 Å². The topological polar surface area (TPSA) is 36.3 Å². The van der Waals surface area contributed by atoms with Gasteiger partial charge in [0, 0.05) is 53.2 Å². The zero-order valence-electron chi connectivity index (χ0n) is 21.2. The van der Waals surface area contributed by atoms with Crippen LogP contribution < -0.4 is 15.1 Å². The van der Waals surface area contributed by atoms with E-state index in [1.165, 1.54) is 28.2 Å². The molecule has 4 aromatic rings. The molecule has 2 atom stereocenters. The Bertz CT molecular complexity index is 1410. The maximum absolute atomic E-state index is 5.93. The lowest BCUT2D eigenvalue weighted by atomic mass is 9.96. The minimum atomic E-state index is -0.0762. The van der Waals surface area contributed by atoms with Gasteiger partial charge >= 0.3 is 0 Å². The van der Waals surface area contributed by atoms with Crippen LogP contribution in [-0.4, -0.2) is 28.8 Å². The molecule has 0 aliphatic carbocycles. The van der Waals surface area contributed by atoms with Gasteiger partial charge in [-0.3, -0.25) is 4.98 Å². The van der Waals surface area contributed by atoms with Gasteiger partial charge in [-0.1, -0.05) is 22.0 Å². The SMILES string of the molecule is Cc1cc(N2C(=S)N[C@H](c3ccccn3)[C@H]2c2cc(C)n(-c3ccc(N(C)C)cc3)c2C)ccc1Br. The third-order valence-corrected chi connectivity index (χ3v) is 8.14. The summed E-state index contributed by atoms with van der Waals surface area (Å²) in [6.45, 7) is 6.47. The van der Waals surface area contributed by atoms with Crippen LogP contribution in [0.15, 0.2) is 77.4 Å². The maximum Gasteiger partial charge on any atom is 0.174 e. The van der Waals surface area contributed by atoms with E-state index in [0.717, 1.165) is 21.5 Å². The van der Waals surface area contributed by atoms with Crippen molar-refractivity contribution in [1.82, 2.24) is 14.9 Å². The van der Waals surface area contributed by atoms with Crippen molar-refractivity contribution < 1.29 is 0 Å². The Morgan fingerprint density at radius 3 is 2.31 bits per heavy atom. The molecule has 2 aromatic carbocycles. The molecule has 1 aliphatic heterocycles. The average molecular weight is 561 g/mol. The number of nitrogens with one attached hydrogen (secondary N) is 1. The van der Waals surface area contributed by atoms with Gasteiger partial charge in [0.1, 0.15) is 0 Å². The third-order valence-electron chi connectivity index (χ3n) is 6.93. The Kier molecular flexibility index (Phi) is 6.62. The average Bonchev–Trinajstić information content (AvgIpc) is 3.36. The van der Waals surface area contributed by atoms with Crippen molar-refractivity contribution in [2.24, 2.45) is 0 Å². The highest BCUT2D eigenvalue weighted by molar-refractivity contribution is 9.10. The van der Waals surface area contributed by atoms with Gasteiger partial charge in [0.2, 0.25) is 0 Å². The molecule has 1 fully saturated rings. The summed E-state index contributed by atoms with van der Waals surface area (Å²) in [5.74, 6) is 0.